The van der Waals surface area contributed by atoms with Crippen LogP contribution in [0.2, 0.25) is 0 Å². The van der Waals surface area contributed by atoms with Gasteiger partial charge in [-0.05, 0) is 56.6 Å². The Hall–Kier alpha value is -2.04. The standard InChI is InChI=1S/C22H30N2O3/c25-21(23-18-9-10-18)19-7-3-4-8-20(19)27-15-16-11-13-24(14-12-16)22(26)17-5-1-2-6-17/h3-4,7-8,16-18H,1-2,5-6,9-15H2,(H,23,25). The van der Waals surface area contributed by atoms with Crippen molar-refractivity contribution in [3.63, 3.8) is 0 Å². The first-order valence-corrected chi connectivity index (χ1v) is 10.5. The molecule has 5 heteroatoms. The predicted octanol–water partition coefficient (Wildman–Crippen LogP) is 3.39. The first-order chi connectivity index (χ1) is 13.2. The van der Waals surface area contributed by atoms with Gasteiger partial charge in [-0.15, -0.1) is 0 Å². The molecule has 0 unspecified atom stereocenters. The summed E-state index contributed by atoms with van der Waals surface area (Å²) in [4.78, 5) is 27.0. The Kier molecular flexibility index (Phi) is 5.65. The lowest BCUT2D eigenvalue weighted by atomic mass is 9.96. The molecule has 0 atom stereocenters. The monoisotopic (exact) mass is 370 g/mol. The van der Waals surface area contributed by atoms with E-state index in [-0.39, 0.29) is 11.8 Å². The minimum atomic E-state index is -0.0370. The van der Waals surface area contributed by atoms with E-state index >= 15 is 0 Å². The summed E-state index contributed by atoms with van der Waals surface area (Å²) in [5, 5.41) is 3.03. The molecule has 146 valence electrons. The van der Waals surface area contributed by atoms with Gasteiger partial charge >= 0.3 is 0 Å². The quantitative estimate of drug-likeness (QED) is 0.835. The van der Waals surface area contributed by atoms with Crippen LogP contribution in [0.4, 0.5) is 0 Å². The molecule has 5 nitrogen and oxygen atoms in total. The van der Waals surface area contributed by atoms with Crippen molar-refractivity contribution in [1.29, 1.82) is 0 Å². The molecule has 27 heavy (non-hydrogen) atoms. The number of nitrogens with zero attached hydrogens (tertiary/aromatic N) is 1. The number of amides is 2. The first kappa shape index (κ1) is 18.3. The number of benzene rings is 1. The summed E-state index contributed by atoms with van der Waals surface area (Å²) in [5.74, 6) is 1.71. The van der Waals surface area contributed by atoms with E-state index in [4.69, 9.17) is 4.74 Å². The summed E-state index contributed by atoms with van der Waals surface area (Å²) in [6.45, 7) is 2.29. The Morgan fingerprint density at radius 2 is 1.70 bits per heavy atom. The molecule has 0 aromatic heterocycles. The lowest BCUT2D eigenvalue weighted by molar-refractivity contribution is -0.136. The van der Waals surface area contributed by atoms with Crippen LogP contribution in [0.1, 0.15) is 61.7 Å². The summed E-state index contributed by atoms with van der Waals surface area (Å²) in [6, 6.07) is 7.83. The fourth-order valence-electron chi connectivity index (χ4n) is 4.23. The second kappa shape index (κ2) is 8.32. The molecule has 1 N–H and O–H groups in total. The lowest BCUT2D eigenvalue weighted by Gasteiger charge is -2.33. The van der Waals surface area contributed by atoms with Gasteiger partial charge in [0.25, 0.3) is 5.91 Å². The van der Waals surface area contributed by atoms with Gasteiger partial charge in [0.2, 0.25) is 5.91 Å². The smallest absolute Gasteiger partial charge is 0.255 e. The number of nitrogens with one attached hydrogen (secondary N) is 1. The van der Waals surface area contributed by atoms with E-state index in [1.807, 2.05) is 24.3 Å². The molecule has 0 radical (unpaired) electrons. The zero-order chi connectivity index (χ0) is 18.6. The van der Waals surface area contributed by atoms with Crippen molar-refractivity contribution in [3.8, 4) is 5.75 Å². The minimum absolute atomic E-state index is 0.0370. The maximum absolute atomic E-state index is 12.5. The second-order valence-electron chi connectivity index (χ2n) is 8.30. The van der Waals surface area contributed by atoms with Crippen LogP contribution in [0, 0.1) is 11.8 Å². The number of hydrogen-bond donors (Lipinski definition) is 1. The van der Waals surface area contributed by atoms with Gasteiger partial charge in [0.1, 0.15) is 5.75 Å². The molecule has 3 fully saturated rings. The Morgan fingerprint density at radius 3 is 2.41 bits per heavy atom. The zero-order valence-electron chi connectivity index (χ0n) is 16.0. The fourth-order valence-corrected chi connectivity index (χ4v) is 4.23. The van der Waals surface area contributed by atoms with Crippen LogP contribution in [0.3, 0.4) is 0 Å². The molecule has 2 aliphatic carbocycles. The van der Waals surface area contributed by atoms with Crippen molar-refractivity contribution in [2.24, 2.45) is 11.8 Å². The topological polar surface area (TPSA) is 58.6 Å². The third kappa shape index (κ3) is 4.63. The number of carbonyl (C=O) groups is 2. The molecule has 2 amide bonds. The van der Waals surface area contributed by atoms with Gasteiger partial charge in [-0.2, -0.15) is 0 Å². The summed E-state index contributed by atoms with van der Waals surface area (Å²) in [7, 11) is 0. The van der Waals surface area contributed by atoms with Crippen molar-refractivity contribution < 1.29 is 14.3 Å². The Balaban J connectivity index is 1.26. The molecule has 1 aromatic rings. The highest BCUT2D eigenvalue weighted by Crippen LogP contribution is 2.29. The lowest BCUT2D eigenvalue weighted by Crippen LogP contribution is -2.42. The van der Waals surface area contributed by atoms with E-state index < -0.39 is 0 Å². The molecular weight excluding hydrogens is 340 g/mol. The number of piperidine rings is 1. The number of rotatable bonds is 6. The third-order valence-corrected chi connectivity index (χ3v) is 6.15. The van der Waals surface area contributed by atoms with Gasteiger partial charge < -0.3 is 15.0 Å². The second-order valence-corrected chi connectivity index (χ2v) is 8.30. The maximum Gasteiger partial charge on any atom is 0.255 e. The fraction of sp³-hybridized carbons (Fsp3) is 0.636. The predicted molar refractivity (Wildman–Crippen MR) is 104 cm³/mol. The maximum atomic E-state index is 12.5. The molecule has 2 saturated carbocycles. The average Bonchev–Trinajstić information content (AvgIpc) is 3.34. The van der Waals surface area contributed by atoms with Gasteiger partial charge in [-0.25, -0.2) is 0 Å². The van der Waals surface area contributed by atoms with Crippen molar-refractivity contribution in [2.75, 3.05) is 19.7 Å². The molecular formula is C22H30N2O3. The molecule has 0 bridgehead atoms. The van der Waals surface area contributed by atoms with E-state index in [1.54, 1.807) is 0 Å². The van der Waals surface area contributed by atoms with Gasteiger partial charge in [0, 0.05) is 25.0 Å². The van der Waals surface area contributed by atoms with Gasteiger partial charge in [-0.1, -0.05) is 25.0 Å². The Bertz CT molecular complexity index is 672. The minimum Gasteiger partial charge on any atom is -0.492 e. The summed E-state index contributed by atoms with van der Waals surface area (Å²) < 4.78 is 6.03. The van der Waals surface area contributed by atoms with Crippen molar-refractivity contribution >= 4 is 11.8 Å². The molecule has 4 rings (SSSR count). The summed E-state index contributed by atoms with van der Waals surface area (Å²) >= 11 is 0. The van der Waals surface area contributed by atoms with Crippen LogP contribution in [0.15, 0.2) is 24.3 Å². The normalized spacial score (nSPS) is 21.3. The Labute approximate surface area is 161 Å². The molecule has 3 aliphatic rings. The largest absolute Gasteiger partial charge is 0.492 e. The molecule has 1 saturated heterocycles. The van der Waals surface area contributed by atoms with E-state index in [9.17, 15) is 9.59 Å². The number of likely N-dealkylation sites (tertiary alicyclic amines) is 1. The van der Waals surface area contributed by atoms with Crippen LogP contribution >= 0.6 is 0 Å². The first-order valence-electron chi connectivity index (χ1n) is 10.5. The van der Waals surface area contributed by atoms with Gasteiger partial charge in [-0.3, -0.25) is 9.59 Å². The van der Waals surface area contributed by atoms with Crippen LogP contribution in [0.25, 0.3) is 0 Å². The summed E-state index contributed by atoms with van der Waals surface area (Å²) in [5.41, 5.74) is 0.623. The van der Waals surface area contributed by atoms with Crippen LogP contribution < -0.4 is 10.1 Å². The van der Waals surface area contributed by atoms with Crippen molar-refractivity contribution in [2.45, 2.75) is 57.4 Å². The van der Waals surface area contributed by atoms with Crippen molar-refractivity contribution in [3.05, 3.63) is 29.8 Å². The van der Waals surface area contributed by atoms with Crippen LogP contribution in [-0.4, -0.2) is 42.5 Å². The highest BCUT2D eigenvalue weighted by atomic mass is 16.5. The average molecular weight is 370 g/mol. The van der Waals surface area contributed by atoms with E-state index in [0.29, 0.717) is 35.8 Å². The number of carbonyl (C=O) groups excluding carboxylic acids is 2. The SMILES string of the molecule is O=C(NC1CC1)c1ccccc1OCC1CCN(C(=O)C2CCCC2)CC1. The van der Waals surface area contributed by atoms with Crippen LogP contribution in [0.5, 0.6) is 5.75 Å². The third-order valence-electron chi connectivity index (χ3n) is 6.15. The number of para-hydroxylation sites is 1. The summed E-state index contributed by atoms with van der Waals surface area (Å²) in [6.07, 6.45) is 8.66. The Morgan fingerprint density at radius 1 is 1.00 bits per heavy atom. The zero-order valence-corrected chi connectivity index (χ0v) is 16.0. The molecule has 1 heterocycles. The van der Waals surface area contributed by atoms with Crippen LogP contribution in [-0.2, 0) is 4.79 Å². The van der Waals surface area contributed by atoms with E-state index in [2.05, 4.69) is 10.2 Å². The molecule has 1 aromatic carbocycles. The van der Waals surface area contributed by atoms with Crippen molar-refractivity contribution in [1.82, 2.24) is 10.2 Å². The number of hydrogen-bond acceptors (Lipinski definition) is 3. The number of ether oxygens (including phenoxy) is 1. The highest BCUT2D eigenvalue weighted by molar-refractivity contribution is 5.97. The molecule has 0 spiro atoms. The highest BCUT2D eigenvalue weighted by Gasteiger charge is 2.30. The van der Waals surface area contributed by atoms with E-state index in [0.717, 1.165) is 51.6 Å². The van der Waals surface area contributed by atoms with Gasteiger partial charge in [0.05, 0.1) is 12.2 Å². The molecule has 1 aliphatic heterocycles. The van der Waals surface area contributed by atoms with E-state index in [1.165, 1.54) is 12.8 Å². The van der Waals surface area contributed by atoms with Gasteiger partial charge in [0.15, 0.2) is 0 Å².